The number of thiophene rings is 1. The minimum absolute atomic E-state index is 0.0534. The second-order valence-electron chi connectivity index (χ2n) is 6.71. The molecule has 2 aromatic carbocycles. The Morgan fingerprint density at radius 3 is 2.30 bits per heavy atom. The highest BCUT2D eigenvalue weighted by Crippen LogP contribution is 2.36. The van der Waals surface area contributed by atoms with Crippen molar-refractivity contribution in [3.05, 3.63) is 87.7 Å². The van der Waals surface area contributed by atoms with Crippen molar-refractivity contribution < 1.29 is 22.8 Å². The van der Waals surface area contributed by atoms with Crippen LogP contribution in [0.25, 0.3) is 5.57 Å². The van der Waals surface area contributed by atoms with Crippen molar-refractivity contribution in [2.45, 2.75) is 13.1 Å². The lowest BCUT2D eigenvalue weighted by molar-refractivity contribution is -0.137. The minimum atomic E-state index is -4.52. The van der Waals surface area contributed by atoms with Gasteiger partial charge in [-0.25, -0.2) is 4.90 Å². The zero-order chi connectivity index (χ0) is 21.5. The van der Waals surface area contributed by atoms with Gasteiger partial charge in [0.1, 0.15) is 5.70 Å². The number of hydrogen-bond donors (Lipinski definition) is 1. The number of hydrogen-bond acceptors (Lipinski definition) is 4. The maximum atomic E-state index is 13.2. The van der Waals surface area contributed by atoms with Gasteiger partial charge in [-0.05, 0) is 48.7 Å². The summed E-state index contributed by atoms with van der Waals surface area (Å²) in [5.41, 5.74) is 0.658. The number of aryl methyl sites for hydroxylation is 1. The second-order valence-corrected chi connectivity index (χ2v) is 7.66. The van der Waals surface area contributed by atoms with E-state index in [0.29, 0.717) is 10.6 Å². The van der Waals surface area contributed by atoms with Gasteiger partial charge in [0.15, 0.2) is 0 Å². The number of carbonyl (C=O) groups is 2. The number of imide groups is 1. The molecule has 1 aliphatic rings. The first-order valence-electron chi connectivity index (χ1n) is 8.93. The number of rotatable bonds is 4. The zero-order valence-electron chi connectivity index (χ0n) is 15.7. The van der Waals surface area contributed by atoms with E-state index in [0.717, 1.165) is 22.6 Å². The smallest absolute Gasteiger partial charge is 0.350 e. The van der Waals surface area contributed by atoms with Gasteiger partial charge in [0, 0.05) is 10.6 Å². The fraction of sp³-hybridized carbons (Fsp3) is 0.0909. The maximum Gasteiger partial charge on any atom is 0.416 e. The molecule has 0 fully saturated rings. The Hall–Kier alpha value is -3.39. The first-order chi connectivity index (χ1) is 14.3. The monoisotopic (exact) mass is 428 g/mol. The fourth-order valence-electron chi connectivity index (χ4n) is 3.14. The molecule has 30 heavy (non-hydrogen) atoms. The molecule has 0 unspecified atom stereocenters. The number of anilines is 2. The van der Waals surface area contributed by atoms with Gasteiger partial charge in [0.25, 0.3) is 11.8 Å². The average Bonchev–Trinajstić information content (AvgIpc) is 3.30. The van der Waals surface area contributed by atoms with Gasteiger partial charge in [-0.3, -0.25) is 9.59 Å². The lowest BCUT2D eigenvalue weighted by Crippen LogP contribution is -2.32. The molecule has 0 saturated carbocycles. The summed E-state index contributed by atoms with van der Waals surface area (Å²) in [5, 5.41) is 4.52. The molecule has 1 aromatic heterocycles. The van der Waals surface area contributed by atoms with Crippen molar-refractivity contribution >= 4 is 40.1 Å². The lowest BCUT2D eigenvalue weighted by Gasteiger charge is -2.16. The van der Waals surface area contributed by atoms with Crippen LogP contribution < -0.4 is 10.2 Å². The van der Waals surface area contributed by atoms with Crippen molar-refractivity contribution in [1.82, 2.24) is 0 Å². The van der Waals surface area contributed by atoms with E-state index < -0.39 is 23.6 Å². The second kappa shape index (κ2) is 7.46. The maximum absolute atomic E-state index is 13.2. The van der Waals surface area contributed by atoms with Gasteiger partial charge in [-0.15, -0.1) is 11.3 Å². The first kappa shape index (κ1) is 19.9. The summed E-state index contributed by atoms with van der Waals surface area (Å²) in [4.78, 5) is 27.9. The molecular weight excluding hydrogens is 413 g/mol. The SMILES string of the molecule is Cc1ccc(N2C(=O)C(Nc3cccc(C(F)(F)F)c3)=C(c3cccs3)C2=O)cc1. The van der Waals surface area contributed by atoms with E-state index in [2.05, 4.69) is 5.32 Å². The third-order valence-corrected chi connectivity index (χ3v) is 5.49. The van der Waals surface area contributed by atoms with Crippen molar-refractivity contribution in [2.24, 2.45) is 0 Å². The zero-order valence-corrected chi connectivity index (χ0v) is 16.5. The van der Waals surface area contributed by atoms with Gasteiger partial charge in [-0.2, -0.15) is 13.2 Å². The van der Waals surface area contributed by atoms with E-state index in [9.17, 15) is 22.8 Å². The fourth-order valence-corrected chi connectivity index (χ4v) is 3.91. The van der Waals surface area contributed by atoms with Crippen LogP contribution in [0.15, 0.2) is 71.7 Å². The number of halogens is 3. The normalized spacial score (nSPS) is 14.6. The van der Waals surface area contributed by atoms with Crippen LogP contribution >= 0.6 is 11.3 Å². The first-order valence-corrected chi connectivity index (χ1v) is 9.81. The molecule has 1 aliphatic heterocycles. The Balaban J connectivity index is 1.77. The Morgan fingerprint density at radius 2 is 1.67 bits per heavy atom. The molecule has 8 heteroatoms. The van der Waals surface area contributed by atoms with Crippen molar-refractivity contribution in [2.75, 3.05) is 10.2 Å². The molecule has 0 spiro atoms. The molecule has 0 bridgehead atoms. The van der Waals surface area contributed by atoms with Gasteiger partial charge < -0.3 is 5.32 Å². The molecule has 1 N–H and O–H groups in total. The molecule has 2 heterocycles. The number of nitrogens with zero attached hydrogens (tertiary/aromatic N) is 1. The minimum Gasteiger partial charge on any atom is -0.350 e. The molecule has 3 aromatic rings. The van der Waals surface area contributed by atoms with Gasteiger partial charge >= 0.3 is 6.18 Å². The van der Waals surface area contributed by atoms with Crippen molar-refractivity contribution in [1.29, 1.82) is 0 Å². The number of benzene rings is 2. The van der Waals surface area contributed by atoms with Gasteiger partial charge in [0.2, 0.25) is 0 Å². The summed E-state index contributed by atoms with van der Waals surface area (Å²) in [5.74, 6) is -1.15. The molecule has 4 nitrogen and oxygen atoms in total. The summed E-state index contributed by atoms with van der Waals surface area (Å²) in [6.45, 7) is 1.88. The molecule has 0 aliphatic carbocycles. The van der Waals surface area contributed by atoms with Crippen LogP contribution in [-0.4, -0.2) is 11.8 Å². The van der Waals surface area contributed by atoms with Crippen LogP contribution in [0.3, 0.4) is 0 Å². The Morgan fingerprint density at radius 1 is 0.933 bits per heavy atom. The van der Waals surface area contributed by atoms with Crippen LogP contribution in [0.4, 0.5) is 24.5 Å². The standard InChI is InChI=1S/C22H15F3N2O2S/c1-13-7-9-16(10-8-13)27-20(28)18(17-6-3-11-30-17)19(21(27)29)26-15-5-2-4-14(12-15)22(23,24)25/h2-12,26H,1H3. The van der Waals surface area contributed by atoms with E-state index in [1.54, 1.807) is 41.8 Å². The average molecular weight is 428 g/mol. The molecule has 2 amide bonds. The van der Waals surface area contributed by atoms with E-state index in [1.165, 1.54) is 23.5 Å². The number of carbonyl (C=O) groups excluding carboxylic acids is 2. The number of amides is 2. The van der Waals surface area contributed by atoms with Gasteiger partial charge in [-0.1, -0.05) is 29.8 Å². The number of nitrogens with one attached hydrogen (secondary N) is 1. The van der Waals surface area contributed by atoms with E-state index in [1.807, 2.05) is 6.92 Å². The van der Waals surface area contributed by atoms with Crippen LogP contribution in [0.2, 0.25) is 0 Å². The van der Waals surface area contributed by atoms with Crippen molar-refractivity contribution in [3.8, 4) is 0 Å². The van der Waals surface area contributed by atoms with E-state index in [4.69, 9.17) is 0 Å². The van der Waals surface area contributed by atoms with Crippen LogP contribution in [0.5, 0.6) is 0 Å². The highest BCUT2D eigenvalue weighted by molar-refractivity contribution is 7.11. The van der Waals surface area contributed by atoms with Crippen molar-refractivity contribution in [3.63, 3.8) is 0 Å². The highest BCUT2D eigenvalue weighted by atomic mass is 32.1. The quantitative estimate of drug-likeness (QED) is 0.561. The van der Waals surface area contributed by atoms with E-state index in [-0.39, 0.29) is 17.0 Å². The molecule has 4 rings (SSSR count). The summed E-state index contributed by atoms with van der Waals surface area (Å²) >= 11 is 1.27. The van der Waals surface area contributed by atoms with E-state index >= 15 is 0 Å². The van der Waals surface area contributed by atoms with Gasteiger partial charge in [0.05, 0.1) is 16.8 Å². The molecule has 152 valence electrons. The molecular formula is C22H15F3N2O2S. The third-order valence-electron chi connectivity index (χ3n) is 4.60. The lowest BCUT2D eigenvalue weighted by atomic mass is 10.1. The van der Waals surface area contributed by atoms with Crippen LogP contribution in [0, 0.1) is 6.92 Å². The highest BCUT2D eigenvalue weighted by Gasteiger charge is 2.41. The Labute approximate surface area is 174 Å². The summed E-state index contributed by atoms with van der Waals surface area (Å²) in [7, 11) is 0. The molecule has 0 saturated heterocycles. The predicted molar refractivity (Wildman–Crippen MR) is 110 cm³/mol. The third kappa shape index (κ3) is 3.61. The summed E-state index contributed by atoms with van der Waals surface area (Å²) in [6.07, 6.45) is -4.52. The largest absolute Gasteiger partial charge is 0.416 e. The predicted octanol–water partition coefficient (Wildman–Crippen LogP) is 5.47. The Bertz CT molecular complexity index is 1150. The number of alkyl halides is 3. The molecule has 0 atom stereocenters. The molecule has 0 radical (unpaired) electrons. The Kier molecular flexibility index (Phi) is 4.95. The van der Waals surface area contributed by atoms with Crippen LogP contribution in [0.1, 0.15) is 16.0 Å². The topological polar surface area (TPSA) is 49.4 Å². The summed E-state index contributed by atoms with van der Waals surface area (Å²) < 4.78 is 39.2. The van der Waals surface area contributed by atoms with Crippen LogP contribution in [-0.2, 0) is 15.8 Å². The summed E-state index contributed by atoms with van der Waals surface area (Å²) in [6, 6.07) is 14.8.